The number of carbonyl (C=O) groups is 2. The molecule has 6 heteroatoms. The van der Waals surface area contributed by atoms with E-state index in [9.17, 15) is 14.0 Å². The van der Waals surface area contributed by atoms with Gasteiger partial charge in [0.2, 0.25) is 0 Å². The van der Waals surface area contributed by atoms with Gasteiger partial charge in [-0.2, -0.15) is 0 Å². The van der Waals surface area contributed by atoms with Gasteiger partial charge in [0.1, 0.15) is 11.4 Å². The first-order valence-corrected chi connectivity index (χ1v) is 8.75. The summed E-state index contributed by atoms with van der Waals surface area (Å²) in [5.41, 5.74) is 0.813. The molecule has 0 aliphatic rings. The molecular formula is C20H21ClFNO3. The third kappa shape index (κ3) is 5.56. The second-order valence-electron chi connectivity index (χ2n) is 6.08. The first-order chi connectivity index (χ1) is 12.4. The van der Waals surface area contributed by atoms with Crippen molar-refractivity contribution in [3.63, 3.8) is 0 Å². The van der Waals surface area contributed by atoms with E-state index < -0.39 is 23.8 Å². The fourth-order valence-corrected chi connectivity index (χ4v) is 2.67. The highest BCUT2D eigenvalue weighted by Gasteiger charge is 2.23. The maximum Gasteiger partial charge on any atom is 0.343 e. The summed E-state index contributed by atoms with van der Waals surface area (Å²) >= 11 is 5.83. The van der Waals surface area contributed by atoms with E-state index in [0.29, 0.717) is 0 Å². The maximum atomic E-state index is 13.7. The summed E-state index contributed by atoms with van der Waals surface area (Å²) in [6.45, 7) is 3.31. The Bertz CT molecular complexity index is 747. The molecule has 0 bridgehead atoms. The smallest absolute Gasteiger partial charge is 0.343 e. The Balaban J connectivity index is 1.86. The van der Waals surface area contributed by atoms with Crippen LogP contribution in [-0.4, -0.2) is 24.0 Å². The van der Waals surface area contributed by atoms with Gasteiger partial charge in [-0.25, -0.2) is 9.18 Å². The summed E-state index contributed by atoms with van der Waals surface area (Å²) in [7, 11) is 0. The Labute approximate surface area is 157 Å². The molecule has 0 saturated heterocycles. The van der Waals surface area contributed by atoms with Crippen LogP contribution >= 0.6 is 11.6 Å². The van der Waals surface area contributed by atoms with Gasteiger partial charge in [0.15, 0.2) is 6.10 Å². The Kier molecular flexibility index (Phi) is 7.16. The Morgan fingerprint density at radius 2 is 1.81 bits per heavy atom. The second-order valence-corrected chi connectivity index (χ2v) is 6.49. The largest absolute Gasteiger partial charge is 0.449 e. The van der Waals surface area contributed by atoms with Crippen LogP contribution in [0.1, 0.15) is 36.2 Å². The lowest BCUT2D eigenvalue weighted by Gasteiger charge is -2.18. The van der Waals surface area contributed by atoms with Crippen molar-refractivity contribution in [1.29, 1.82) is 0 Å². The van der Waals surface area contributed by atoms with Crippen LogP contribution in [0.15, 0.2) is 48.5 Å². The molecule has 0 unspecified atom stereocenters. The number of hydrogen-bond donors (Lipinski definition) is 1. The summed E-state index contributed by atoms with van der Waals surface area (Å²) in [6, 6.07) is 13.7. The van der Waals surface area contributed by atoms with Crippen LogP contribution in [0, 0.1) is 5.82 Å². The van der Waals surface area contributed by atoms with Gasteiger partial charge in [0, 0.05) is 6.04 Å². The molecule has 26 heavy (non-hydrogen) atoms. The van der Waals surface area contributed by atoms with Gasteiger partial charge in [-0.1, -0.05) is 48.0 Å². The van der Waals surface area contributed by atoms with E-state index in [4.69, 9.17) is 16.3 Å². The average Bonchev–Trinajstić information content (AvgIpc) is 2.60. The molecule has 1 amide bonds. The van der Waals surface area contributed by atoms with Gasteiger partial charge in [0.25, 0.3) is 5.91 Å². The lowest BCUT2D eigenvalue weighted by atomic mass is 10.1. The third-order valence-electron chi connectivity index (χ3n) is 3.92. The van der Waals surface area contributed by atoms with Gasteiger partial charge in [0.05, 0.1) is 5.02 Å². The van der Waals surface area contributed by atoms with Crippen LogP contribution in [0.4, 0.5) is 4.39 Å². The first-order valence-electron chi connectivity index (χ1n) is 8.37. The minimum atomic E-state index is -1.06. The standard InChI is InChI=1S/C20H21ClFNO3/c1-13(11-12-15-7-4-3-5-8-15)23-19(24)14(2)26-20(25)18-16(21)9-6-10-17(18)22/h3-10,13-14H,11-12H2,1-2H3,(H,23,24)/t13-,14+/m0/s1. The zero-order chi connectivity index (χ0) is 19.1. The summed E-state index contributed by atoms with van der Waals surface area (Å²) in [6.07, 6.45) is 0.508. The zero-order valence-electron chi connectivity index (χ0n) is 14.7. The molecule has 2 aromatic rings. The van der Waals surface area contributed by atoms with E-state index in [2.05, 4.69) is 5.32 Å². The highest BCUT2D eigenvalue weighted by atomic mass is 35.5. The number of esters is 1. The molecule has 4 nitrogen and oxygen atoms in total. The molecule has 2 aromatic carbocycles. The summed E-state index contributed by atoms with van der Waals surface area (Å²) in [5.74, 6) is -2.19. The normalized spacial score (nSPS) is 12.9. The van der Waals surface area contributed by atoms with Crippen LogP contribution in [-0.2, 0) is 16.0 Å². The van der Waals surface area contributed by atoms with E-state index in [-0.39, 0.29) is 16.6 Å². The van der Waals surface area contributed by atoms with Crippen molar-refractivity contribution >= 4 is 23.5 Å². The second kappa shape index (κ2) is 9.34. The maximum absolute atomic E-state index is 13.7. The van der Waals surface area contributed by atoms with Crippen LogP contribution in [0.2, 0.25) is 5.02 Å². The molecule has 2 atom stereocenters. The highest BCUT2D eigenvalue weighted by molar-refractivity contribution is 6.33. The van der Waals surface area contributed by atoms with Crippen molar-refractivity contribution in [1.82, 2.24) is 5.32 Å². The quantitative estimate of drug-likeness (QED) is 0.737. The van der Waals surface area contributed by atoms with Crippen LogP contribution in [0.3, 0.4) is 0 Å². The number of halogens is 2. The number of ether oxygens (including phenoxy) is 1. The Morgan fingerprint density at radius 1 is 1.12 bits per heavy atom. The number of aryl methyl sites for hydroxylation is 1. The van der Waals surface area contributed by atoms with Crippen LogP contribution < -0.4 is 5.32 Å². The molecule has 0 aliphatic heterocycles. The van der Waals surface area contributed by atoms with E-state index in [0.717, 1.165) is 18.9 Å². The predicted molar refractivity (Wildman–Crippen MR) is 98.7 cm³/mol. The topological polar surface area (TPSA) is 55.4 Å². The van der Waals surface area contributed by atoms with Crippen molar-refractivity contribution in [2.45, 2.75) is 38.8 Å². The van der Waals surface area contributed by atoms with Crippen LogP contribution in [0.5, 0.6) is 0 Å². The first kappa shape index (κ1) is 19.9. The minimum absolute atomic E-state index is 0.0566. The van der Waals surface area contributed by atoms with Crippen molar-refractivity contribution in [3.05, 3.63) is 70.5 Å². The molecule has 0 radical (unpaired) electrons. The molecule has 2 rings (SSSR count). The number of carbonyl (C=O) groups excluding carboxylic acids is 2. The molecule has 0 saturated carbocycles. The lowest BCUT2D eigenvalue weighted by Crippen LogP contribution is -2.41. The Morgan fingerprint density at radius 3 is 2.46 bits per heavy atom. The van der Waals surface area contributed by atoms with Crippen molar-refractivity contribution in [2.75, 3.05) is 0 Å². The average molecular weight is 378 g/mol. The minimum Gasteiger partial charge on any atom is -0.449 e. The van der Waals surface area contributed by atoms with Gasteiger partial charge < -0.3 is 10.1 Å². The zero-order valence-corrected chi connectivity index (χ0v) is 15.4. The van der Waals surface area contributed by atoms with Crippen LogP contribution in [0.25, 0.3) is 0 Å². The number of nitrogens with one attached hydrogen (secondary N) is 1. The van der Waals surface area contributed by atoms with E-state index in [1.165, 1.54) is 24.6 Å². The van der Waals surface area contributed by atoms with Gasteiger partial charge in [-0.05, 0) is 44.4 Å². The lowest BCUT2D eigenvalue weighted by molar-refractivity contribution is -0.129. The fraction of sp³-hybridized carbons (Fsp3) is 0.300. The molecule has 0 aromatic heterocycles. The molecule has 0 spiro atoms. The highest BCUT2D eigenvalue weighted by Crippen LogP contribution is 2.20. The summed E-state index contributed by atoms with van der Waals surface area (Å²) in [5, 5.41) is 2.74. The van der Waals surface area contributed by atoms with Gasteiger partial charge in [-0.15, -0.1) is 0 Å². The summed E-state index contributed by atoms with van der Waals surface area (Å²) in [4.78, 5) is 24.3. The Hall–Kier alpha value is -2.40. The van der Waals surface area contributed by atoms with E-state index in [1.807, 2.05) is 37.3 Å². The molecule has 0 heterocycles. The SMILES string of the molecule is C[C@@H](CCc1ccccc1)NC(=O)[C@@H](C)OC(=O)c1c(F)cccc1Cl. The molecule has 0 aliphatic carbocycles. The monoisotopic (exact) mass is 377 g/mol. The van der Waals surface area contributed by atoms with Gasteiger partial charge in [-0.3, -0.25) is 4.79 Å². The van der Waals surface area contributed by atoms with Crippen molar-refractivity contribution in [2.24, 2.45) is 0 Å². The van der Waals surface area contributed by atoms with Crippen molar-refractivity contribution in [3.8, 4) is 0 Å². The fourth-order valence-electron chi connectivity index (χ4n) is 2.43. The predicted octanol–water partition coefficient (Wildman–Crippen LogP) is 4.16. The number of benzene rings is 2. The third-order valence-corrected chi connectivity index (χ3v) is 4.23. The molecular weight excluding hydrogens is 357 g/mol. The van der Waals surface area contributed by atoms with E-state index >= 15 is 0 Å². The molecule has 1 N–H and O–H groups in total. The molecule has 0 fully saturated rings. The summed E-state index contributed by atoms with van der Waals surface area (Å²) < 4.78 is 18.8. The molecule has 138 valence electrons. The number of hydrogen-bond acceptors (Lipinski definition) is 3. The number of amides is 1. The number of rotatable bonds is 7. The van der Waals surface area contributed by atoms with E-state index in [1.54, 1.807) is 0 Å². The van der Waals surface area contributed by atoms with Gasteiger partial charge >= 0.3 is 5.97 Å². The van der Waals surface area contributed by atoms with Crippen molar-refractivity contribution < 1.29 is 18.7 Å².